The van der Waals surface area contributed by atoms with Crippen molar-refractivity contribution >= 4 is 0 Å². The van der Waals surface area contributed by atoms with Crippen molar-refractivity contribution in [3.05, 3.63) is 0 Å². The maximum Gasteiger partial charge on any atom is 0.202 e. The molecule has 5 unspecified atom stereocenters. The van der Waals surface area contributed by atoms with E-state index in [2.05, 4.69) is 0 Å². The van der Waals surface area contributed by atoms with Crippen LogP contribution in [0.15, 0.2) is 0 Å². The molecule has 0 bridgehead atoms. The molecule has 0 saturated heterocycles. The number of hydrogen-bond acceptors (Lipinski definition) is 8. The predicted octanol–water partition coefficient (Wildman–Crippen LogP) is -4.33. The molecule has 94 valence electrons. The lowest BCUT2D eigenvalue weighted by Gasteiger charge is -2.31. The molecule has 0 radical (unpaired) electrons. The normalized spacial score (nSPS) is 22.6. The summed E-state index contributed by atoms with van der Waals surface area (Å²) < 4.78 is 0. The third-order valence-corrected chi connectivity index (χ3v) is 2.18. The van der Waals surface area contributed by atoms with Gasteiger partial charge < -0.3 is 35.7 Å². The second-order valence-corrected chi connectivity index (χ2v) is 3.37. The van der Waals surface area contributed by atoms with Gasteiger partial charge in [-0.15, -0.1) is 0 Å². The number of nitriles is 1. The van der Waals surface area contributed by atoms with E-state index in [0.29, 0.717) is 0 Å². The van der Waals surface area contributed by atoms with Crippen molar-refractivity contribution < 1.29 is 35.7 Å². The van der Waals surface area contributed by atoms with Crippen LogP contribution in [0.2, 0.25) is 0 Å². The summed E-state index contributed by atoms with van der Waals surface area (Å²) in [6, 6.07) is 1.16. The summed E-state index contributed by atoms with van der Waals surface area (Å²) in [6.07, 6.45) is -8.00. The number of nitrogens with zero attached hydrogens (tertiary/aromatic N) is 1. The molecule has 0 rings (SSSR count). The quantitative estimate of drug-likeness (QED) is 0.228. The van der Waals surface area contributed by atoms with Gasteiger partial charge in [-0.05, 0) is 0 Å². The highest BCUT2D eigenvalue weighted by Crippen LogP contribution is 2.16. The average molecular weight is 237 g/mol. The Kier molecular flexibility index (Phi) is 5.77. The largest absolute Gasteiger partial charge is 0.394 e. The van der Waals surface area contributed by atoms with Gasteiger partial charge in [0.05, 0.1) is 13.2 Å². The van der Waals surface area contributed by atoms with Crippen LogP contribution >= 0.6 is 0 Å². The Labute approximate surface area is 91.2 Å². The minimum absolute atomic E-state index is 0.880. The first-order valence-electron chi connectivity index (χ1n) is 4.41. The lowest BCUT2D eigenvalue weighted by molar-refractivity contribution is -0.165. The van der Waals surface area contributed by atoms with Crippen LogP contribution in [0.4, 0.5) is 0 Å². The molecular formula is C8H15NO7. The van der Waals surface area contributed by atoms with Gasteiger partial charge in [-0.2, -0.15) is 5.26 Å². The van der Waals surface area contributed by atoms with E-state index in [4.69, 9.17) is 20.6 Å². The van der Waals surface area contributed by atoms with Crippen LogP contribution in [0.25, 0.3) is 0 Å². The zero-order valence-electron chi connectivity index (χ0n) is 8.30. The van der Waals surface area contributed by atoms with Crippen LogP contribution in [-0.4, -0.2) is 79.0 Å². The molecule has 5 atom stereocenters. The molecule has 8 nitrogen and oxygen atoms in total. The molecular weight excluding hydrogens is 222 g/mol. The van der Waals surface area contributed by atoms with Gasteiger partial charge in [-0.25, -0.2) is 0 Å². The number of aliphatic hydroxyl groups is 7. The summed E-state index contributed by atoms with van der Waals surface area (Å²) in [6.45, 7) is -2.04. The van der Waals surface area contributed by atoms with Crippen molar-refractivity contribution in [1.29, 1.82) is 5.26 Å². The van der Waals surface area contributed by atoms with Crippen LogP contribution in [-0.2, 0) is 0 Å². The Hall–Kier alpha value is -0.790. The van der Waals surface area contributed by atoms with E-state index in [1.54, 1.807) is 0 Å². The molecule has 7 N–H and O–H groups in total. The second-order valence-electron chi connectivity index (χ2n) is 3.37. The van der Waals surface area contributed by atoms with E-state index < -0.39 is 43.2 Å². The Bertz CT molecular complexity index is 255. The van der Waals surface area contributed by atoms with E-state index in [1.165, 1.54) is 0 Å². The van der Waals surface area contributed by atoms with Crippen molar-refractivity contribution in [2.45, 2.75) is 30.0 Å². The summed E-state index contributed by atoms with van der Waals surface area (Å²) in [5.41, 5.74) is -2.66. The summed E-state index contributed by atoms with van der Waals surface area (Å²) in [4.78, 5) is 0. The van der Waals surface area contributed by atoms with Gasteiger partial charge in [0, 0.05) is 0 Å². The fraction of sp³-hybridized carbons (Fsp3) is 0.875. The first kappa shape index (κ1) is 15.2. The van der Waals surface area contributed by atoms with Gasteiger partial charge in [0.25, 0.3) is 0 Å². The Morgan fingerprint density at radius 2 is 1.56 bits per heavy atom. The van der Waals surface area contributed by atoms with E-state index in [-0.39, 0.29) is 0 Å². The Balaban J connectivity index is 4.73. The highest BCUT2D eigenvalue weighted by atomic mass is 16.4. The molecule has 0 aliphatic rings. The molecule has 0 fully saturated rings. The minimum atomic E-state index is -2.66. The van der Waals surface area contributed by atoms with E-state index >= 15 is 0 Å². The minimum Gasteiger partial charge on any atom is -0.394 e. The third kappa shape index (κ3) is 3.10. The van der Waals surface area contributed by atoms with Gasteiger partial charge in [0.1, 0.15) is 30.5 Å². The molecule has 0 spiro atoms. The monoisotopic (exact) mass is 237 g/mol. The predicted molar refractivity (Wildman–Crippen MR) is 48.8 cm³/mol. The molecule has 16 heavy (non-hydrogen) atoms. The second kappa shape index (κ2) is 6.07. The maximum absolute atomic E-state index is 9.32. The van der Waals surface area contributed by atoms with Crippen LogP contribution < -0.4 is 0 Å². The fourth-order valence-electron chi connectivity index (χ4n) is 1.000. The Morgan fingerprint density at radius 1 is 1.06 bits per heavy atom. The lowest BCUT2D eigenvalue weighted by atomic mass is 9.90. The lowest BCUT2D eigenvalue weighted by Crippen LogP contribution is -2.56. The van der Waals surface area contributed by atoms with Gasteiger partial charge in [0.2, 0.25) is 5.60 Å². The molecule has 0 heterocycles. The molecule has 0 aromatic rings. The number of hydrogen-bond donors (Lipinski definition) is 7. The number of aliphatic hydroxyl groups excluding tert-OH is 6. The third-order valence-electron chi connectivity index (χ3n) is 2.18. The molecule has 0 aromatic carbocycles. The average Bonchev–Trinajstić information content (AvgIpc) is 2.33. The molecule has 0 aromatic heterocycles. The summed E-state index contributed by atoms with van der Waals surface area (Å²) in [5.74, 6) is 0. The zero-order chi connectivity index (χ0) is 12.9. The van der Waals surface area contributed by atoms with Crippen molar-refractivity contribution in [3.8, 4) is 6.07 Å². The van der Waals surface area contributed by atoms with E-state index in [9.17, 15) is 20.4 Å². The summed E-state index contributed by atoms with van der Waals surface area (Å²) in [5, 5.41) is 71.6. The summed E-state index contributed by atoms with van der Waals surface area (Å²) >= 11 is 0. The number of rotatable bonds is 6. The molecule has 0 aliphatic heterocycles. The Morgan fingerprint density at radius 3 is 1.88 bits per heavy atom. The van der Waals surface area contributed by atoms with E-state index in [0.717, 1.165) is 6.07 Å². The van der Waals surface area contributed by atoms with Crippen LogP contribution in [0.5, 0.6) is 0 Å². The first-order valence-corrected chi connectivity index (χ1v) is 4.41. The molecule has 0 saturated carbocycles. The van der Waals surface area contributed by atoms with Crippen molar-refractivity contribution in [3.63, 3.8) is 0 Å². The maximum atomic E-state index is 9.32. The molecule has 0 amide bonds. The van der Waals surface area contributed by atoms with Gasteiger partial charge in [0.15, 0.2) is 0 Å². The SMILES string of the molecule is N#CC(O)(CO)C(O)C(O)C(O)C(O)CO. The van der Waals surface area contributed by atoms with Crippen molar-refractivity contribution in [1.82, 2.24) is 0 Å². The van der Waals surface area contributed by atoms with Crippen LogP contribution in [0.1, 0.15) is 0 Å². The molecule has 0 aliphatic carbocycles. The highest BCUT2D eigenvalue weighted by molar-refractivity contribution is 5.08. The van der Waals surface area contributed by atoms with Crippen LogP contribution in [0, 0.1) is 11.3 Å². The summed E-state index contributed by atoms with van der Waals surface area (Å²) in [7, 11) is 0. The smallest absolute Gasteiger partial charge is 0.202 e. The van der Waals surface area contributed by atoms with E-state index in [1.807, 2.05) is 0 Å². The van der Waals surface area contributed by atoms with Crippen LogP contribution in [0.3, 0.4) is 0 Å². The molecule has 8 heteroatoms. The van der Waals surface area contributed by atoms with Crippen molar-refractivity contribution in [2.75, 3.05) is 13.2 Å². The van der Waals surface area contributed by atoms with Gasteiger partial charge >= 0.3 is 0 Å². The standard InChI is InChI=1S/C8H15NO7/c9-2-8(16,3-11)7(15)6(14)5(13)4(12)1-10/h4-7,10-16H,1,3H2. The topological polar surface area (TPSA) is 165 Å². The van der Waals surface area contributed by atoms with Gasteiger partial charge in [-0.3, -0.25) is 0 Å². The van der Waals surface area contributed by atoms with Crippen molar-refractivity contribution in [2.24, 2.45) is 0 Å². The first-order chi connectivity index (χ1) is 7.33. The highest BCUT2D eigenvalue weighted by Gasteiger charge is 2.44. The fourth-order valence-corrected chi connectivity index (χ4v) is 1.000. The zero-order valence-corrected chi connectivity index (χ0v) is 8.30. The van der Waals surface area contributed by atoms with Gasteiger partial charge in [-0.1, -0.05) is 0 Å².